The molecular weight excluding hydrogens is 267 g/mol. The molecule has 0 saturated heterocycles. The Morgan fingerprint density at radius 2 is 1.45 bits per heavy atom. The van der Waals surface area contributed by atoms with Crippen molar-refractivity contribution in [2.75, 3.05) is 0 Å². The first-order chi connectivity index (χ1) is 9.67. The predicted octanol–water partition coefficient (Wildman–Crippen LogP) is 3.60. The van der Waals surface area contributed by atoms with Gasteiger partial charge in [-0.25, -0.2) is 0 Å². The zero-order valence-corrected chi connectivity index (χ0v) is 11.8. The van der Waals surface area contributed by atoms with Crippen molar-refractivity contribution in [3.05, 3.63) is 90.3 Å². The smallest absolute Gasteiger partial charge is 0.174 e. The minimum Gasteiger partial charge on any atom is -0.373 e. The fourth-order valence-electron chi connectivity index (χ4n) is 2.49. The van der Waals surface area contributed by atoms with Gasteiger partial charge in [0.1, 0.15) is 0 Å². The van der Waals surface area contributed by atoms with Gasteiger partial charge in [0, 0.05) is 5.30 Å². The largest absolute Gasteiger partial charge is 0.373 e. The van der Waals surface area contributed by atoms with Crippen LogP contribution in [0.3, 0.4) is 0 Å². The highest BCUT2D eigenvalue weighted by Crippen LogP contribution is 2.64. The molecule has 0 fully saturated rings. The van der Waals surface area contributed by atoms with E-state index in [0.29, 0.717) is 10.9 Å². The summed E-state index contributed by atoms with van der Waals surface area (Å²) in [5, 5.41) is 10.3. The Hall–Kier alpha value is -1.89. The normalized spacial score (nSPS) is 28.4. The maximum absolute atomic E-state index is 13.5. The molecule has 3 heteroatoms. The second-order valence-corrected chi connectivity index (χ2v) is 7.60. The van der Waals surface area contributed by atoms with Gasteiger partial charge < -0.3 is 9.67 Å². The van der Waals surface area contributed by atoms with E-state index in [1.165, 1.54) is 0 Å². The van der Waals surface area contributed by atoms with E-state index < -0.39 is 12.5 Å². The average molecular weight is 282 g/mol. The lowest BCUT2D eigenvalue weighted by molar-refractivity contribution is 0.176. The fraction of sp³-hybridized carbons (Fsp3) is 0.0588. The van der Waals surface area contributed by atoms with Crippen LogP contribution >= 0.6 is 7.14 Å². The molecule has 0 spiro atoms. The van der Waals surface area contributed by atoms with E-state index in [2.05, 4.69) is 0 Å². The van der Waals surface area contributed by atoms with Crippen LogP contribution in [0.4, 0.5) is 0 Å². The highest BCUT2D eigenvalue weighted by molar-refractivity contribution is 7.75. The summed E-state index contributed by atoms with van der Waals surface area (Å²) in [5.74, 6) is 1.63. The van der Waals surface area contributed by atoms with Crippen molar-refractivity contribution in [3.8, 4) is 0 Å². The molecule has 0 bridgehead atoms. The predicted molar refractivity (Wildman–Crippen MR) is 82.3 cm³/mol. The Bertz CT molecular complexity index is 704. The summed E-state index contributed by atoms with van der Waals surface area (Å²) in [6.45, 7) is 0. The van der Waals surface area contributed by atoms with Gasteiger partial charge in [-0.3, -0.25) is 0 Å². The Labute approximate surface area is 118 Å². The summed E-state index contributed by atoms with van der Waals surface area (Å²) in [6, 6.07) is 18.3. The average Bonchev–Trinajstić information content (AvgIpc) is 2.52. The summed E-state index contributed by atoms with van der Waals surface area (Å²) < 4.78 is 13.5. The lowest BCUT2D eigenvalue weighted by atomic mass is 10.1. The minimum atomic E-state index is -3.12. The SMILES string of the molecule is O=P1(c2ccccc2)C=CC=CC1(O)c1ccccc1. The topological polar surface area (TPSA) is 37.3 Å². The summed E-state index contributed by atoms with van der Waals surface area (Å²) >= 11 is 0. The first-order valence-electron chi connectivity index (χ1n) is 6.47. The van der Waals surface area contributed by atoms with Gasteiger partial charge in [-0.1, -0.05) is 72.8 Å². The van der Waals surface area contributed by atoms with Gasteiger partial charge in [0.15, 0.2) is 12.5 Å². The highest BCUT2D eigenvalue weighted by Gasteiger charge is 2.46. The van der Waals surface area contributed by atoms with Crippen LogP contribution in [-0.4, -0.2) is 5.11 Å². The van der Waals surface area contributed by atoms with Crippen LogP contribution < -0.4 is 5.30 Å². The van der Waals surface area contributed by atoms with Crippen LogP contribution in [0.15, 0.2) is 84.7 Å². The van der Waals surface area contributed by atoms with Crippen LogP contribution in [0.5, 0.6) is 0 Å². The zero-order chi connectivity index (χ0) is 14.1. The number of aliphatic hydroxyl groups is 1. The van der Waals surface area contributed by atoms with Crippen molar-refractivity contribution in [2.24, 2.45) is 0 Å². The lowest BCUT2D eigenvalue weighted by Crippen LogP contribution is -2.28. The number of hydrogen-bond donors (Lipinski definition) is 1. The molecule has 2 aromatic carbocycles. The Kier molecular flexibility index (Phi) is 3.21. The number of hydrogen-bond acceptors (Lipinski definition) is 2. The van der Waals surface area contributed by atoms with Gasteiger partial charge in [-0.15, -0.1) is 0 Å². The Balaban J connectivity index is 2.22. The molecule has 0 aliphatic carbocycles. The van der Waals surface area contributed by atoms with E-state index in [4.69, 9.17) is 0 Å². The Morgan fingerprint density at radius 1 is 0.850 bits per heavy atom. The molecule has 2 aromatic rings. The molecule has 2 nitrogen and oxygen atoms in total. The fourth-order valence-corrected chi connectivity index (χ4v) is 5.08. The van der Waals surface area contributed by atoms with Crippen molar-refractivity contribution in [3.63, 3.8) is 0 Å². The molecule has 0 radical (unpaired) electrons. The van der Waals surface area contributed by atoms with Gasteiger partial charge in [-0.2, -0.15) is 0 Å². The van der Waals surface area contributed by atoms with Gasteiger partial charge in [-0.05, 0) is 17.5 Å². The van der Waals surface area contributed by atoms with Crippen LogP contribution in [0.2, 0.25) is 0 Å². The molecular formula is C17H15O2P. The molecule has 1 aliphatic rings. The first-order valence-corrected chi connectivity index (χ1v) is 8.25. The maximum atomic E-state index is 13.5. The van der Waals surface area contributed by atoms with E-state index in [0.717, 1.165) is 0 Å². The first kappa shape index (κ1) is 13.1. The van der Waals surface area contributed by atoms with Crippen molar-refractivity contribution in [1.29, 1.82) is 0 Å². The van der Waals surface area contributed by atoms with Crippen molar-refractivity contribution < 1.29 is 9.67 Å². The summed E-state index contributed by atoms with van der Waals surface area (Å²) in [6.07, 6.45) is 5.10. The molecule has 100 valence electrons. The molecule has 0 aromatic heterocycles. The molecule has 0 saturated carbocycles. The van der Waals surface area contributed by atoms with Gasteiger partial charge in [0.05, 0.1) is 0 Å². The monoisotopic (exact) mass is 282 g/mol. The van der Waals surface area contributed by atoms with Gasteiger partial charge >= 0.3 is 0 Å². The van der Waals surface area contributed by atoms with Gasteiger partial charge in [0.25, 0.3) is 0 Å². The quantitative estimate of drug-likeness (QED) is 0.854. The third-order valence-corrected chi connectivity index (χ3v) is 6.66. The van der Waals surface area contributed by atoms with Crippen LogP contribution in [-0.2, 0) is 9.91 Å². The summed E-state index contributed by atoms with van der Waals surface area (Å²) in [7, 11) is -3.12. The molecule has 1 N–H and O–H groups in total. The number of allylic oxidation sites excluding steroid dienone is 2. The Morgan fingerprint density at radius 3 is 2.10 bits per heavy atom. The minimum absolute atomic E-state index is 0.646. The van der Waals surface area contributed by atoms with Gasteiger partial charge in [0.2, 0.25) is 0 Å². The van der Waals surface area contributed by atoms with E-state index in [1.54, 1.807) is 48.3 Å². The van der Waals surface area contributed by atoms with E-state index in [-0.39, 0.29) is 0 Å². The maximum Gasteiger partial charge on any atom is 0.174 e. The van der Waals surface area contributed by atoms with E-state index in [9.17, 15) is 9.67 Å². The molecule has 2 atom stereocenters. The second kappa shape index (κ2) is 4.90. The molecule has 20 heavy (non-hydrogen) atoms. The molecule has 1 heterocycles. The molecule has 0 amide bonds. The highest BCUT2D eigenvalue weighted by atomic mass is 31.2. The number of benzene rings is 2. The lowest BCUT2D eigenvalue weighted by Gasteiger charge is -2.34. The number of rotatable bonds is 2. The van der Waals surface area contributed by atoms with Crippen molar-refractivity contribution in [2.45, 2.75) is 5.34 Å². The van der Waals surface area contributed by atoms with Crippen molar-refractivity contribution in [1.82, 2.24) is 0 Å². The molecule has 2 unspecified atom stereocenters. The van der Waals surface area contributed by atoms with Crippen LogP contribution in [0, 0.1) is 0 Å². The van der Waals surface area contributed by atoms with Crippen LogP contribution in [0.1, 0.15) is 5.56 Å². The van der Waals surface area contributed by atoms with Crippen LogP contribution in [0.25, 0.3) is 0 Å². The second-order valence-electron chi connectivity index (χ2n) is 4.79. The van der Waals surface area contributed by atoms with E-state index >= 15 is 0 Å². The van der Waals surface area contributed by atoms with Crippen molar-refractivity contribution >= 4 is 12.4 Å². The zero-order valence-electron chi connectivity index (χ0n) is 10.9. The summed E-state index contributed by atoms with van der Waals surface area (Å²) in [4.78, 5) is 0. The third-order valence-electron chi connectivity index (χ3n) is 3.58. The third kappa shape index (κ3) is 1.89. The standard InChI is InChI=1S/C17H15O2P/c18-17(15-9-3-1-4-10-15)13-7-8-14-20(17,19)16-11-5-2-6-12-16/h1-14,18H. The molecule has 1 aliphatic heterocycles. The van der Waals surface area contributed by atoms with E-state index in [1.807, 2.05) is 36.4 Å². The summed E-state index contributed by atoms with van der Waals surface area (Å²) in [5.41, 5.74) is 0.646. The molecule has 3 rings (SSSR count).